The van der Waals surface area contributed by atoms with E-state index in [1.54, 1.807) is 0 Å². The Morgan fingerprint density at radius 1 is 1.07 bits per heavy atom. The third-order valence-electron chi connectivity index (χ3n) is 5.93. The van der Waals surface area contributed by atoms with Gasteiger partial charge >= 0.3 is 0 Å². The van der Waals surface area contributed by atoms with Gasteiger partial charge in [0.1, 0.15) is 5.82 Å². The highest BCUT2D eigenvalue weighted by molar-refractivity contribution is 5.98. The van der Waals surface area contributed by atoms with Gasteiger partial charge in [-0.05, 0) is 65.8 Å². The summed E-state index contributed by atoms with van der Waals surface area (Å²) in [6.07, 6.45) is 3.21. The van der Waals surface area contributed by atoms with E-state index < -0.39 is 0 Å². The van der Waals surface area contributed by atoms with Gasteiger partial charge in [0.15, 0.2) is 0 Å². The van der Waals surface area contributed by atoms with Crippen molar-refractivity contribution in [2.45, 2.75) is 52.5 Å². The molecule has 1 aromatic carbocycles. The first-order valence-electron chi connectivity index (χ1n) is 10.6. The molecule has 0 aromatic heterocycles. The first kappa shape index (κ1) is 21.2. The molecule has 1 aromatic rings. The smallest absolute Gasteiger partial charge is 0.254 e. The van der Waals surface area contributed by atoms with Crippen molar-refractivity contribution in [3.8, 4) is 0 Å². The highest BCUT2D eigenvalue weighted by Crippen LogP contribution is 2.36. The molecule has 3 rings (SSSR count). The minimum Gasteiger partial charge on any atom is -0.370 e. The Morgan fingerprint density at radius 3 is 2.34 bits per heavy atom. The van der Waals surface area contributed by atoms with Crippen LogP contribution in [0.2, 0.25) is 0 Å². The highest BCUT2D eigenvalue weighted by atomic mass is 16.2. The van der Waals surface area contributed by atoms with Gasteiger partial charge in [-0.25, -0.2) is 4.99 Å². The van der Waals surface area contributed by atoms with Crippen molar-refractivity contribution in [3.05, 3.63) is 52.9 Å². The first-order valence-corrected chi connectivity index (χ1v) is 10.6. The predicted octanol–water partition coefficient (Wildman–Crippen LogP) is 4.14. The Kier molecular flexibility index (Phi) is 6.46. The number of hydrogen-bond acceptors (Lipinski definition) is 4. The molecule has 1 aliphatic carbocycles. The fourth-order valence-corrected chi connectivity index (χ4v) is 3.89. The Labute approximate surface area is 175 Å². The second-order valence-electron chi connectivity index (χ2n) is 8.66. The number of para-hydroxylation sites is 1. The quantitative estimate of drug-likeness (QED) is 0.448. The van der Waals surface area contributed by atoms with Crippen LogP contribution in [-0.4, -0.2) is 49.2 Å². The SMILES string of the molecule is C=N/C(NC1(C)CC1)=C(\C)C(C(=O)N1CCCN(c2ccccc2)CC1)=C(C)C. The minimum atomic E-state index is 0.0897. The van der Waals surface area contributed by atoms with E-state index in [0.717, 1.165) is 68.0 Å². The van der Waals surface area contributed by atoms with Crippen LogP contribution in [0.4, 0.5) is 5.69 Å². The van der Waals surface area contributed by atoms with Gasteiger partial charge in [0.25, 0.3) is 5.91 Å². The van der Waals surface area contributed by atoms with Crippen LogP contribution < -0.4 is 10.2 Å². The van der Waals surface area contributed by atoms with Crippen LogP contribution >= 0.6 is 0 Å². The minimum absolute atomic E-state index is 0.0897. The van der Waals surface area contributed by atoms with Crippen LogP contribution in [0.15, 0.2) is 57.9 Å². The van der Waals surface area contributed by atoms with E-state index in [1.165, 1.54) is 5.69 Å². The molecule has 1 saturated heterocycles. The van der Waals surface area contributed by atoms with E-state index in [4.69, 9.17) is 0 Å². The summed E-state index contributed by atoms with van der Waals surface area (Å²) in [6.45, 7) is 15.2. The second-order valence-corrected chi connectivity index (χ2v) is 8.66. The number of hydrogen-bond donors (Lipinski definition) is 1. The topological polar surface area (TPSA) is 47.9 Å². The lowest BCUT2D eigenvalue weighted by Gasteiger charge is -2.26. The molecule has 0 spiro atoms. The lowest BCUT2D eigenvalue weighted by molar-refractivity contribution is -0.126. The average molecular weight is 395 g/mol. The predicted molar refractivity (Wildman–Crippen MR) is 121 cm³/mol. The number of nitrogens with zero attached hydrogens (tertiary/aromatic N) is 3. The maximum Gasteiger partial charge on any atom is 0.254 e. The van der Waals surface area contributed by atoms with E-state index in [-0.39, 0.29) is 11.4 Å². The maximum absolute atomic E-state index is 13.5. The van der Waals surface area contributed by atoms with Crippen LogP contribution in [-0.2, 0) is 4.79 Å². The van der Waals surface area contributed by atoms with E-state index in [1.807, 2.05) is 31.7 Å². The molecule has 0 atom stereocenters. The van der Waals surface area contributed by atoms with E-state index in [9.17, 15) is 4.79 Å². The Morgan fingerprint density at radius 2 is 1.76 bits per heavy atom. The van der Waals surface area contributed by atoms with Crippen molar-refractivity contribution < 1.29 is 4.79 Å². The van der Waals surface area contributed by atoms with Crippen LogP contribution in [0.3, 0.4) is 0 Å². The molecule has 156 valence electrons. The molecule has 2 fully saturated rings. The Balaban J connectivity index is 1.77. The number of carbonyl (C=O) groups excluding carboxylic acids is 1. The molecule has 2 aliphatic rings. The van der Waals surface area contributed by atoms with Gasteiger partial charge in [-0.3, -0.25) is 4.79 Å². The molecule has 5 heteroatoms. The number of anilines is 1. The molecular weight excluding hydrogens is 360 g/mol. The number of amides is 1. The molecule has 29 heavy (non-hydrogen) atoms. The zero-order chi connectivity index (χ0) is 21.0. The van der Waals surface area contributed by atoms with Crippen molar-refractivity contribution in [1.29, 1.82) is 0 Å². The normalized spacial score (nSPS) is 19.0. The first-order chi connectivity index (χ1) is 13.8. The number of benzene rings is 1. The summed E-state index contributed by atoms with van der Waals surface area (Å²) >= 11 is 0. The fourth-order valence-electron chi connectivity index (χ4n) is 3.89. The Bertz CT molecular complexity index is 817. The summed E-state index contributed by atoms with van der Waals surface area (Å²) in [5.74, 6) is 0.830. The van der Waals surface area contributed by atoms with Crippen molar-refractivity contribution in [2.24, 2.45) is 4.99 Å². The molecule has 5 nitrogen and oxygen atoms in total. The van der Waals surface area contributed by atoms with Crippen molar-refractivity contribution in [2.75, 3.05) is 31.1 Å². The summed E-state index contributed by atoms with van der Waals surface area (Å²) in [4.78, 5) is 22.1. The van der Waals surface area contributed by atoms with Gasteiger partial charge in [0.2, 0.25) is 0 Å². The summed E-state index contributed by atoms with van der Waals surface area (Å²) in [6, 6.07) is 10.4. The number of aliphatic imine (C=N–C) groups is 1. The molecule has 0 radical (unpaired) electrons. The molecule has 1 saturated carbocycles. The zero-order valence-corrected chi connectivity index (χ0v) is 18.3. The Hall–Kier alpha value is -2.56. The van der Waals surface area contributed by atoms with Crippen LogP contribution in [0.25, 0.3) is 0 Å². The van der Waals surface area contributed by atoms with E-state index in [2.05, 4.69) is 53.1 Å². The fraction of sp³-hybridized carbons (Fsp3) is 0.500. The van der Waals surface area contributed by atoms with Crippen LogP contribution in [0.5, 0.6) is 0 Å². The van der Waals surface area contributed by atoms with Crippen LogP contribution in [0.1, 0.15) is 47.0 Å². The number of allylic oxidation sites excluding steroid dienone is 1. The van der Waals surface area contributed by atoms with Crippen molar-refractivity contribution >= 4 is 18.3 Å². The molecule has 0 unspecified atom stereocenters. The molecule has 1 heterocycles. The van der Waals surface area contributed by atoms with Crippen molar-refractivity contribution in [1.82, 2.24) is 10.2 Å². The highest BCUT2D eigenvalue weighted by Gasteiger charge is 2.38. The molecule has 1 aliphatic heterocycles. The van der Waals surface area contributed by atoms with Gasteiger partial charge in [0.05, 0.1) is 0 Å². The molecular formula is C24H34N4O. The summed E-state index contributed by atoms with van der Waals surface area (Å²) < 4.78 is 0. The third-order valence-corrected chi connectivity index (χ3v) is 5.93. The average Bonchev–Trinajstić information content (AvgIpc) is 3.48. The van der Waals surface area contributed by atoms with E-state index in [0.29, 0.717) is 0 Å². The number of carbonyl (C=O) groups is 1. The largest absolute Gasteiger partial charge is 0.370 e. The lowest BCUT2D eigenvalue weighted by atomic mass is 10.0. The third kappa shape index (κ3) is 5.08. The summed E-state index contributed by atoms with van der Waals surface area (Å²) in [5, 5.41) is 3.49. The summed E-state index contributed by atoms with van der Waals surface area (Å²) in [7, 11) is 0. The maximum atomic E-state index is 13.5. The van der Waals surface area contributed by atoms with Crippen LogP contribution in [0, 0.1) is 0 Å². The van der Waals surface area contributed by atoms with Crippen molar-refractivity contribution in [3.63, 3.8) is 0 Å². The zero-order valence-electron chi connectivity index (χ0n) is 18.3. The summed E-state index contributed by atoms with van der Waals surface area (Å²) in [5.41, 5.74) is 3.98. The van der Waals surface area contributed by atoms with Gasteiger partial charge in [-0.2, -0.15) is 0 Å². The number of nitrogens with one attached hydrogen (secondary N) is 1. The molecule has 1 amide bonds. The van der Waals surface area contributed by atoms with Gasteiger partial charge in [-0.1, -0.05) is 23.8 Å². The van der Waals surface area contributed by atoms with Gasteiger partial charge in [0, 0.05) is 48.6 Å². The molecule has 0 bridgehead atoms. The lowest BCUT2D eigenvalue weighted by Crippen LogP contribution is -2.37. The molecule has 1 N–H and O–H groups in total. The number of rotatable bonds is 6. The van der Waals surface area contributed by atoms with E-state index >= 15 is 0 Å². The van der Waals surface area contributed by atoms with Gasteiger partial charge < -0.3 is 15.1 Å². The monoisotopic (exact) mass is 394 g/mol. The standard InChI is InChI=1S/C24H34N4O/c1-18(2)21(19(3)22(25-5)26-24(4)12-13-24)23(29)28-15-9-14-27(16-17-28)20-10-7-6-8-11-20/h6-8,10-11,26H,5,9,12-17H2,1-4H3/b22-19-. The second kappa shape index (κ2) is 8.85. The van der Waals surface area contributed by atoms with Gasteiger partial charge in [-0.15, -0.1) is 0 Å².